The summed E-state index contributed by atoms with van der Waals surface area (Å²) < 4.78 is 0. The maximum absolute atomic E-state index is 8.77. The Kier molecular flexibility index (Phi) is 2.27. The highest BCUT2D eigenvalue weighted by molar-refractivity contribution is 6.52. The molecule has 0 aliphatic heterocycles. The van der Waals surface area contributed by atoms with Gasteiger partial charge in [0.05, 0.1) is 0 Å². The lowest BCUT2D eigenvalue weighted by Crippen LogP contribution is -2.13. The largest absolute Gasteiger partial charge is 0.433 e. The lowest BCUT2D eigenvalue weighted by molar-refractivity contribution is 0.615. The van der Waals surface area contributed by atoms with Crippen LogP contribution in [-0.2, 0) is 0 Å². The van der Waals surface area contributed by atoms with Crippen LogP contribution >= 0.6 is 11.6 Å². The van der Waals surface area contributed by atoms with Gasteiger partial charge in [-0.2, -0.15) is 0 Å². The maximum Gasteiger partial charge on any atom is 0.189 e. The minimum Gasteiger partial charge on any atom is -0.433 e. The van der Waals surface area contributed by atoms with E-state index < -0.39 is 9.76 Å². The van der Waals surface area contributed by atoms with Gasteiger partial charge in [0.25, 0.3) is 0 Å². The molecule has 0 saturated heterocycles. The average Bonchev–Trinajstić information content (AvgIpc) is 1.89. The minimum atomic E-state index is -1.07. The van der Waals surface area contributed by atoms with Crippen LogP contribution in [0.2, 0.25) is 5.02 Å². The molecule has 9 heavy (non-hydrogen) atoms. The van der Waals surface area contributed by atoms with Gasteiger partial charge in [0, 0.05) is 5.02 Å². The van der Waals surface area contributed by atoms with Crippen LogP contribution in [0, 0.1) is 0 Å². The predicted octanol–water partition coefficient (Wildman–Crippen LogP) is 0.0414. The van der Waals surface area contributed by atoms with Crippen molar-refractivity contribution < 1.29 is 4.80 Å². The molecule has 0 aromatic heterocycles. The molecule has 0 amide bonds. The first-order valence-corrected chi connectivity index (χ1v) is 4.40. The Bertz CT molecular complexity index is 202. The molecule has 1 aromatic carbocycles. The molecule has 0 aliphatic carbocycles. The number of benzene rings is 1. The van der Waals surface area contributed by atoms with Crippen LogP contribution in [0.5, 0.6) is 0 Å². The van der Waals surface area contributed by atoms with E-state index >= 15 is 0 Å². The Labute approximate surface area is 61.2 Å². The van der Waals surface area contributed by atoms with E-state index in [9.17, 15) is 0 Å². The van der Waals surface area contributed by atoms with Crippen molar-refractivity contribution in [2.24, 2.45) is 0 Å². The van der Waals surface area contributed by atoms with E-state index in [1.54, 1.807) is 6.07 Å². The third-order valence-electron chi connectivity index (χ3n) is 1.13. The summed E-state index contributed by atoms with van der Waals surface area (Å²) in [7, 11) is -1.07. The quantitative estimate of drug-likeness (QED) is 0.573. The Hall–Kier alpha value is -0.313. The van der Waals surface area contributed by atoms with Crippen molar-refractivity contribution in [3.05, 3.63) is 29.3 Å². The van der Waals surface area contributed by atoms with Crippen molar-refractivity contribution >= 4 is 26.6 Å². The smallest absolute Gasteiger partial charge is 0.189 e. The van der Waals surface area contributed by atoms with Gasteiger partial charge in [-0.3, -0.25) is 0 Å². The molecule has 1 aromatic rings. The van der Waals surface area contributed by atoms with Gasteiger partial charge in [-0.25, -0.2) is 0 Å². The van der Waals surface area contributed by atoms with Crippen molar-refractivity contribution in [1.29, 1.82) is 0 Å². The van der Waals surface area contributed by atoms with E-state index in [2.05, 4.69) is 0 Å². The van der Waals surface area contributed by atoms with Crippen LogP contribution in [0.3, 0.4) is 0 Å². The van der Waals surface area contributed by atoms with Gasteiger partial charge in [-0.05, 0) is 11.3 Å². The standard InChI is InChI=1S/C6H7ClOSi/c7-5-3-1-2-4-6(5)9-8/h1-4,8H,9H2. The molecule has 3 heteroatoms. The zero-order valence-corrected chi connectivity index (χ0v) is 7.01. The first-order chi connectivity index (χ1) is 4.34. The average molecular weight is 159 g/mol. The van der Waals surface area contributed by atoms with Crippen LogP contribution in [0.4, 0.5) is 0 Å². The zero-order valence-electron chi connectivity index (χ0n) is 4.84. The monoisotopic (exact) mass is 158 g/mol. The molecule has 0 aliphatic rings. The molecule has 0 bridgehead atoms. The predicted molar refractivity (Wildman–Crippen MR) is 41.8 cm³/mol. The van der Waals surface area contributed by atoms with E-state index in [1.807, 2.05) is 18.2 Å². The normalized spacial score (nSPS) is 10.9. The topological polar surface area (TPSA) is 20.2 Å². The van der Waals surface area contributed by atoms with Crippen LogP contribution < -0.4 is 5.19 Å². The number of hydrogen-bond donors (Lipinski definition) is 1. The molecule has 1 nitrogen and oxygen atoms in total. The second-order valence-electron chi connectivity index (χ2n) is 1.75. The summed E-state index contributed by atoms with van der Waals surface area (Å²) in [6.45, 7) is 0. The molecule has 0 atom stereocenters. The highest BCUT2D eigenvalue weighted by Gasteiger charge is 1.94. The van der Waals surface area contributed by atoms with Gasteiger partial charge in [-0.15, -0.1) is 0 Å². The lowest BCUT2D eigenvalue weighted by atomic mass is 10.4. The lowest BCUT2D eigenvalue weighted by Gasteiger charge is -1.94. The van der Waals surface area contributed by atoms with Gasteiger partial charge in [-0.1, -0.05) is 29.8 Å². The van der Waals surface area contributed by atoms with E-state index in [-0.39, 0.29) is 0 Å². The van der Waals surface area contributed by atoms with Crippen molar-refractivity contribution in [1.82, 2.24) is 0 Å². The molecule has 0 heterocycles. The summed E-state index contributed by atoms with van der Waals surface area (Å²) >= 11 is 5.70. The Balaban J connectivity index is 3.01. The summed E-state index contributed by atoms with van der Waals surface area (Å²) in [6.07, 6.45) is 0. The summed E-state index contributed by atoms with van der Waals surface area (Å²) in [6, 6.07) is 7.38. The van der Waals surface area contributed by atoms with E-state index in [1.165, 1.54) is 0 Å². The second-order valence-corrected chi connectivity index (χ2v) is 3.23. The molecule has 1 N–H and O–H groups in total. The molecule has 1 rings (SSSR count). The van der Waals surface area contributed by atoms with Gasteiger partial charge < -0.3 is 4.80 Å². The molecule has 48 valence electrons. The Morgan fingerprint density at radius 2 is 2.00 bits per heavy atom. The molecule has 0 spiro atoms. The molecular formula is C6H7ClOSi. The first kappa shape index (κ1) is 6.80. The summed E-state index contributed by atoms with van der Waals surface area (Å²) in [5, 5.41) is 1.60. The fourth-order valence-corrected chi connectivity index (χ4v) is 1.45. The molecular weight excluding hydrogens is 152 g/mol. The van der Waals surface area contributed by atoms with E-state index in [0.29, 0.717) is 5.02 Å². The van der Waals surface area contributed by atoms with Crippen molar-refractivity contribution in [2.75, 3.05) is 0 Å². The van der Waals surface area contributed by atoms with Crippen LogP contribution in [-0.4, -0.2) is 14.6 Å². The van der Waals surface area contributed by atoms with Crippen LogP contribution in [0.25, 0.3) is 0 Å². The van der Waals surface area contributed by atoms with Gasteiger partial charge in [0.15, 0.2) is 9.76 Å². The van der Waals surface area contributed by atoms with Crippen molar-refractivity contribution in [3.8, 4) is 0 Å². The van der Waals surface area contributed by atoms with E-state index in [0.717, 1.165) is 5.19 Å². The van der Waals surface area contributed by atoms with Crippen LogP contribution in [0.15, 0.2) is 24.3 Å². The van der Waals surface area contributed by atoms with Gasteiger partial charge in [0.2, 0.25) is 0 Å². The van der Waals surface area contributed by atoms with E-state index in [4.69, 9.17) is 16.4 Å². The molecule has 0 radical (unpaired) electrons. The number of rotatable bonds is 1. The first-order valence-electron chi connectivity index (χ1n) is 2.69. The molecule has 0 unspecified atom stereocenters. The summed E-state index contributed by atoms with van der Waals surface area (Å²) in [5.41, 5.74) is 0. The van der Waals surface area contributed by atoms with Crippen molar-refractivity contribution in [2.45, 2.75) is 0 Å². The summed E-state index contributed by atoms with van der Waals surface area (Å²) in [4.78, 5) is 8.77. The minimum absolute atomic E-state index is 0.687. The number of hydrogen-bond acceptors (Lipinski definition) is 1. The summed E-state index contributed by atoms with van der Waals surface area (Å²) in [5.74, 6) is 0. The number of halogens is 1. The van der Waals surface area contributed by atoms with Gasteiger partial charge >= 0.3 is 0 Å². The molecule has 0 fully saturated rings. The van der Waals surface area contributed by atoms with Crippen LogP contribution in [0.1, 0.15) is 0 Å². The Morgan fingerprint density at radius 1 is 1.33 bits per heavy atom. The van der Waals surface area contributed by atoms with Gasteiger partial charge in [0.1, 0.15) is 0 Å². The SMILES string of the molecule is O[SiH2]c1ccccc1Cl. The maximum atomic E-state index is 8.77. The third kappa shape index (κ3) is 1.54. The Morgan fingerprint density at radius 3 is 2.44 bits per heavy atom. The molecule has 0 saturated carbocycles. The highest BCUT2D eigenvalue weighted by atomic mass is 35.5. The van der Waals surface area contributed by atoms with Crippen molar-refractivity contribution in [3.63, 3.8) is 0 Å². The second kappa shape index (κ2) is 3.01. The zero-order chi connectivity index (χ0) is 6.69. The fraction of sp³-hybridized carbons (Fsp3) is 0. The third-order valence-corrected chi connectivity index (χ3v) is 2.68. The fourth-order valence-electron chi connectivity index (χ4n) is 0.627. The highest BCUT2D eigenvalue weighted by Crippen LogP contribution is 2.01.